The SMILES string of the molecule is CCCCCCCCCCC(C1=CC(=O)NC1=O)N(C)Cc1ccccc1. The number of nitrogens with zero attached hydrogens (tertiary/aromatic N) is 1. The van der Waals surface area contributed by atoms with E-state index in [2.05, 4.69) is 29.3 Å². The topological polar surface area (TPSA) is 49.4 Å². The van der Waals surface area contributed by atoms with Gasteiger partial charge in [-0.05, 0) is 19.0 Å². The zero-order valence-corrected chi connectivity index (χ0v) is 16.9. The van der Waals surface area contributed by atoms with Gasteiger partial charge in [0.15, 0.2) is 0 Å². The molecule has 1 aromatic carbocycles. The van der Waals surface area contributed by atoms with Crippen molar-refractivity contribution in [1.82, 2.24) is 10.2 Å². The minimum Gasteiger partial charge on any atom is -0.295 e. The Bertz CT molecular complexity index is 625. The van der Waals surface area contributed by atoms with Gasteiger partial charge in [-0.1, -0.05) is 88.6 Å². The average molecular weight is 371 g/mol. The third-order valence-electron chi connectivity index (χ3n) is 5.28. The van der Waals surface area contributed by atoms with Crippen LogP contribution in [-0.2, 0) is 16.1 Å². The number of nitrogens with one attached hydrogen (secondary N) is 1. The molecular weight excluding hydrogens is 336 g/mol. The van der Waals surface area contributed by atoms with E-state index in [4.69, 9.17) is 0 Å². The van der Waals surface area contributed by atoms with Gasteiger partial charge in [-0.3, -0.25) is 19.8 Å². The summed E-state index contributed by atoms with van der Waals surface area (Å²) in [5.41, 5.74) is 1.83. The molecule has 1 aliphatic heterocycles. The van der Waals surface area contributed by atoms with E-state index in [1.807, 2.05) is 25.2 Å². The number of carbonyl (C=O) groups excluding carboxylic acids is 2. The highest BCUT2D eigenvalue weighted by molar-refractivity contribution is 6.16. The van der Waals surface area contributed by atoms with Crippen LogP contribution in [0.25, 0.3) is 0 Å². The highest BCUT2D eigenvalue weighted by Crippen LogP contribution is 2.22. The van der Waals surface area contributed by atoms with Crippen molar-refractivity contribution in [2.75, 3.05) is 7.05 Å². The molecule has 148 valence electrons. The van der Waals surface area contributed by atoms with Crippen LogP contribution in [0.3, 0.4) is 0 Å². The molecule has 0 aromatic heterocycles. The predicted molar refractivity (Wildman–Crippen MR) is 110 cm³/mol. The molecule has 0 saturated heterocycles. The molecule has 4 nitrogen and oxygen atoms in total. The average Bonchev–Trinajstić information content (AvgIpc) is 2.99. The summed E-state index contributed by atoms with van der Waals surface area (Å²) in [6.45, 7) is 3.01. The van der Waals surface area contributed by atoms with E-state index >= 15 is 0 Å². The molecule has 0 saturated carbocycles. The summed E-state index contributed by atoms with van der Waals surface area (Å²) in [5, 5.41) is 2.40. The van der Waals surface area contributed by atoms with Gasteiger partial charge in [0.05, 0.1) is 0 Å². The Balaban J connectivity index is 1.87. The van der Waals surface area contributed by atoms with Gasteiger partial charge in [0.2, 0.25) is 0 Å². The molecular formula is C23H34N2O2. The molecule has 1 aliphatic rings. The molecule has 0 bridgehead atoms. The van der Waals surface area contributed by atoms with Crippen molar-refractivity contribution in [2.24, 2.45) is 0 Å². The van der Waals surface area contributed by atoms with Crippen molar-refractivity contribution in [2.45, 2.75) is 77.3 Å². The fraction of sp³-hybridized carbons (Fsp3) is 0.565. The molecule has 2 rings (SSSR count). The van der Waals surface area contributed by atoms with E-state index in [-0.39, 0.29) is 17.9 Å². The zero-order valence-electron chi connectivity index (χ0n) is 16.9. The smallest absolute Gasteiger partial charge is 0.255 e. The first kappa shape index (κ1) is 21.4. The molecule has 1 N–H and O–H groups in total. The lowest BCUT2D eigenvalue weighted by Crippen LogP contribution is -2.36. The molecule has 1 aromatic rings. The molecule has 27 heavy (non-hydrogen) atoms. The first-order valence-electron chi connectivity index (χ1n) is 10.4. The fourth-order valence-electron chi connectivity index (χ4n) is 3.74. The Morgan fingerprint density at radius 1 is 0.926 bits per heavy atom. The first-order chi connectivity index (χ1) is 13.1. The molecule has 0 spiro atoms. The summed E-state index contributed by atoms with van der Waals surface area (Å²) >= 11 is 0. The molecule has 1 unspecified atom stereocenters. The molecule has 1 atom stereocenters. The monoisotopic (exact) mass is 370 g/mol. The Labute approximate surface area is 164 Å². The number of rotatable bonds is 13. The van der Waals surface area contributed by atoms with Crippen molar-refractivity contribution in [3.8, 4) is 0 Å². The number of amides is 2. The number of unbranched alkanes of at least 4 members (excludes halogenated alkanes) is 7. The third kappa shape index (κ3) is 7.30. The summed E-state index contributed by atoms with van der Waals surface area (Å²) in [6, 6.07) is 10.2. The molecule has 1 heterocycles. The molecule has 2 amide bonds. The Kier molecular flexibility index (Phi) is 9.26. The van der Waals surface area contributed by atoms with Gasteiger partial charge in [-0.25, -0.2) is 0 Å². The van der Waals surface area contributed by atoms with Crippen LogP contribution < -0.4 is 5.32 Å². The minimum absolute atomic E-state index is 0.0169. The molecule has 0 aliphatic carbocycles. The van der Waals surface area contributed by atoms with Crippen LogP contribution in [-0.4, -0.2) is 29.8 Å². The quantitative estimate of drug-likeness (QED) is 0.408. The predicted octanol–water partition coefficient (Wildman–Crippen LogP) is 4.60. The number of benzene rings is 1. The van der Waals surface area contributed by atoms with Gasteiger partial charge >= 0.3 is 0 Å². The summed E-state index contributed by atoms with van der Waals surface area (Å²) in [7, 11) is 2.04. The van der Waals surface area contributed by atoms with Crippen LogP contribution in [0.5, 0.6) is 0 Å². The van der Waals surface area contributed by atoms with Gasteiger partial charge in [-0.15, -0.1) is 0 Å². The third-order valence-corrected chi connectivity index (χ3v) is 5.28. The Hall–Kier alpha value is -1.94. The van der Waals surface area contributed by atoms with Gasteiger partial charge in [0.1, 0.15) is 0 Å². The number of likely N-dealkylation sites (N-methyl/N-ethyl adjacent to an activating group) is 1. The van der Waals surface area contributed by atoms with Crippen molar-refractivity contribution in [3.63, 3.8) is 0 Å². The molecule has 0 radical (unpaired) electrons. The lowest BCUT2D eigenvalue weighted by molar-refractivity contribution is -0.124. The number of hydrogen-bond donors (Lipinski definition) is 1. The van der Waals surface area contributed by atoms with Crippen molar-refractivity contribution >= 4 is 11.8 Å². The Morgan fingerprint density at radius 3 is 2.15 bits per heavy atom. The summed E-state index contributed by atoms with van der Waals surface area (Å²) in [5.74, 6) is -0.520. The summed E-state index contributed by atoms with van der Waals surface area (Å²) < 4.78 is 0. The standard InChI is InChI=1S/C23H34N2O2/c1-3-4-5-6-7-8-9-13-16-21(20-17-22(26)24-23(20)27)25(2)18-19-14-11-10-12-15-19/h10-12,14-15,17,21H,3-9,13,16,18H2,1-2H3,(H,24,26,27). The van der Waals surface area contributed by atoms with Crippen LogP contribution in [0.4, 0.5) is 0 Å². The fourth-order valence-corrected chi connectivity index (χ4v) is 3.74. The summed E-state index contributed by atoms with van der Waals surface area (Å²) in [4.78, 5) is 26.0. The van der Waals surface area contributed by atoms with E-state index in [1.165, 1.54) is 56.6 Å². The van der Waals surface area contributed by atoms with Crippen LogP contribution in [0.2, 0.25) is 0 Å². The van der Waals surface area contributed by atoms with Crippen LogP contribution in [0.1, 0.15) is 70.3 Å². The van der Waals surface area contributed by atoms with Crippen molar-refractivity contribution in [3.05, 3.63) is 47.5 Å². The first-order valence-corrected chi connectivity index (χ1v) is 10.4. The Morgan fingerprint density at radius 2 is 1.56 bits per heavy atom. The number of imide groups is 1. The second-order valence-corrected chi connectivity index (χ2v) is 7.60. The van der Waals surface area contributed by atoms with Crippen molar-refractivity contribution in [1.29, 1.82) is 0 Å². The maximum Gasteiger partial charge on any atom is 0.255 e. The van der Waals surface area contributed by atoms with Gasteiger partial charge in [0, 0.05) is 24.2 Å². The highest BCUT2D eigenvalue weighted by atomic mass is 16.2. The van der Waals surface area contributed by atoms with E-state index in [9.17, 15) is 9.59 Å². The lowest BCUT2D eigenvalue weighted by atomic mass is 9.97. The molecule has 4 heteroatoms. The second-order valence-electron chi connectivity index (χ2n) is 7.60. The van der Waals surface area contributed by atoms with Gasteiger partial charge < -0.3 is 0 Å². The van der Waals surface area contributed by atoms with E-state index in [1.54, 1.807) is 0 Å². The van der Waals surface area contributed by atoms with Crippen LogP contribution in [0, 0.1) is 0 Å². The van der Waals surface area contributed by atoms with Gasteiger partial charge in [-0.2, -0.15) is 0 Å². The van der Waals surface area contributed by atoms with Crippen molar-refractivity contribution < 1.29 is 9.59 Å². The normalized spacial score (nSPS) is 15.1. The summed E-state index contributed by atoms with van der Waals surface area (Å²) in [6.07, 6.45) is 12.5. The van der Waals surface area contributed by atoms with Gasteiger partial charge in [0.25, 0.3) is 11.8 Å². The number of carbonyl (C=O) groups is 2. The van der Waals surface area contributed by atoms with E-state index < -0.39 is 0 Å². The van der Waals surface area contributed by atoms with Crippen LogP contribution >= 0.6 is 0 Å². The highest BCUT2D eigenvalue weighted by Gasteiger charge is 2.30. The second kappa shape index (κ2) is 11.7. The van der Waals surface area contributed by atoms with E-state index in [0.29, 0.717) is 5.57 Å². The zero-order chi connectivity index (χ0) is 19.5. The maximum absolute atomic E-state index is 12.2. The lowest BCUT2D eigenvalue weighted by Gasteiger charge is -2.28. The minimum atomic E-state index is -0.288. The van der Waals surface area contributed by atoms with Crippen LogP contribution in [0.15, 0.2) is 42.0 Å². The number of hydrogen-bond acceptors (Lipinski definition) is 3. The molecule has 0 fully saturated rings. The largest absolute Gasteiger partial charge is 0.295 e. The maximum atomic E-state index is 12.2. The van der Waals surface area contributed by atoms with E-state index in [0.717, 1.165) is 19.4 Å².